The van der Waals surface area contributed by atoms with Crippen LogP contribution in [0.25, 0.3) is 0 Å². The summed E-state index contributed by atoms with van der Waals surface area (Å²) in [6.07, 6.45) is 6.37. The van der Waals surface area contributed by atoms with E-state index in [4.69, 9.17) is 4.74 Å². The smallest absolute Gasteiger partial charge is 0.341 e. The number of unbranched alkanes of at least 4 members (excludes halogenated alkanes) is 1. The minimum absolute atomic E-state index is 0.0345. The van der Waals surface area contributed by atoms with Crippen LogP contribution in [0.1, 0.15) is 60.3 Å². The molecule has 6 heteroatoms. The van der Waals surface area contributed by atoms with Crippen LogP contribution in [0.4, 0.5) is 5.00 Å². The lowest BCUT2D eigenvalue weighted by molar-refractivity contribution is -0.871. The first kappa shape index (κ1) is 18.9. The molecule has 24 heavy (non-hydrogen) atoms. The van der Waals surface area contributed by atoms with Crippen LogP contribution < -0.4 is 10.2 Å². The monoisotopic (exact) mass is 353 g/mol. The average Bonchev–Trinajstić information content (AvgIpc) is 2.90. The number of fused-ring (bicyclic) bond motifs is 1. The second-order valence-electron chi connectivity index (χ2n) is 6.42. The van der Waals surface area contributed by atoms with Gasteiger partial charge in [0.05, 0.1) is 25.8 Å². The van der Waals surface area contributed by atoms with E-state index < -0.39 is 0 Å². The maximum absolute atomic E-state index is 12.4. The number of thiophene rings is 1. The molecule has 1 aromatic rings. The van der Waals surface area contributed by atoms with Crippen molar-refractivity contribution in [3.05, 3.63) is 16.0 Å². The van der Waals surface area contributed by atoms with Gasteiger partial charge >= 0.3 is 5.97 Å². The fourth-order valence-electron chi connectivity index (χ4n) is 3.08. The van der Waals surface area contributed by atoms with Gasteiger partial charge in [0.25, 0.3) is 5.91 Å². The zero-order valence-corrected chi connectivity index (χ0v) is 15.8. The first-order chi connectivity index (χ1) is 11.6. The van der Waals surface area contributed by atoms with E-state index >= 15 is 0 Å². The van der Waals surface area contributed by atoms with Crippen molar-refractivity contribution >= 4 is 28.2 Å². The molecule has 0 spiro atoms. The molecule has 1 aliphatic rings. The summed E-state index contributed by atoms with van der Waals surface area (Å²) in [6, 6.07) is 0. The Morgan fingerprint density at radius 2 is 2.00 bits per heavy atom. The van der Waals surface area contributed by atoms with Gasteiger partial charge in [0.1, 0.15) is 5.00 Å². The Morgan fingerprint density at radius 3 is 2.71 bits per heavy atom. The molecule has 1 heterocycles. The Balaban J connectivity index is 2.12. The maximum atomic E-state index is 12.4. The molecule has 5 nitrogen and oxygen atoms in total. The first-order valence-corrected chi connectivity index (χ1v) is 9.81. The number of amides is 1. The van der Waals surface area contributed by atoms with E-state index in [9.17, 15) is 9.59 Å². The molecule has 1 atom stereocenters. The van der Waals surface area contributed by atoms with Crippen molar-refractivity contribution in [1.82, 2.24) is 0 Å². The average molecular weight is 354 g/mol. The van der Waals surface area contributed by atoms with Gasteiger partial charge in [0, 0.05) is 4.88 Å². The van der Waals surface area contributed by atoms with Gasteiger partial charge in [-0.1, -0.05) is 13.3 Å². The Labute approximate surface area is 148 Å². The Hall–Kier alpha value is -1.40. The summed E-state index contributed by atoms with van der Waals surface area (Å²) in [5.41, 5.74) is 1.68. The third-order valence-electron chi connectivity index (χ3n) is 4.32. The fourth-order valence-corrected chi connectivity index (χ4v) is 4.38. The second kappa shape index (κ2) is 9.18. The summed E-state index contributed by atoms with van der Waals surface area (Å²) in [5, 5.41) is 3.65. The van der Waals surface area contributed by atoms with Crippen LogP contribution in [0.5, 0.6) is 0 Å². The van der Waals surface area contributed by atoms with Crippen molar-refractivity contribution in [3.63, 3.8) is 0 Å². The highest BCUT2D eigenvalue weighted by Crippen LogP contribution is 2.38. The van der Waals surface area contributed by atoms with E-state index in [0.717, 1.165) is 50.6 Å². The summed E-state index contributed by atoms with van der Waals surface area (Å²) < 4.78 is 5.22. The number of anilines is 1. The fraction of sp³-hybridized carbons (Fsp3) is 0.667. The summed E-state index contributed by atoms with van der Waals surface area (Å²) in [5.74, 6) is -0.341. The Morgan fingerprint density at radius 1 is 1.25 bits per heavy atom. The quantitative estimate of drug-likeness (QED) is 0.703. The number of ether oxygens (including phenoxy) is 1. The lowest BCUT2D eigenvalue weighted by Crippen LogP contribution is -3.10. The zero-order chi connectivity index (χ0) is 17.5. The molecule has 2 N–H and O–H groups in total. The van der Waals surface area contributed by atoms with Crippen molar-refractivity contribution in [2.24, 2.45) is 0 Å². The summed E-state index contributed by atoms with van der Waals surface area (Å²) in [4.78, 5) is 27.1. The van der Waals surface area contributed by atoms with E-state index in [1.54, 1.807) is 18.3 Å². The molecule has 0 bridgehead atoms. The number of carbonyl (C=O) groups is 2. The molecule has 0 aliphatic heterocycles. The third kappa shape index (κ3) is 4.80. The van der Waals surface area contributed by atoms with E-state index in [1.807, 2.05) is 7.05 Å². The second-order valence-corrected chi connectivity index (χ2v) is 7.53. The molecule has 2 rings (SSSR count). The molecule has 1 amide bonds. The summed E-state index contributed by atoms with van der Waals surface area (Å²) >= 11 is 1.55. The van der Waals surface area contributed by atoms with Crippen molar-refractivity contribution in [2.45, 2.75) is 52.4 Å². The highest BCUT2D eigenvalue weighted by atomic mass is 32.1. The minimum Gasteiger partial charge on any atom is -0.462 e. The van der Waals surface area contributed by atoms with Crippen molar-refractivity contribution in [2.75, 3.05) is 32.1 Å². The highest BCUT2D eigenvalue weighted by molar-refractivity contribution is 7.17. The minimum atomic E-state index is -0.307. The summed E-state index contributed by atoms with van der Waals surface area (Å²) in [6.45, 7) is 5.71. The number of nitrogens with one attached hydrogen (secondary N) is 2. The SMILES string of the molecule is CCCC[NH+](C)CC(=O)Nc1sc2c(c1C(=O)OCC)CCCC2. The molecule has 0 saturated carbocycles. The van der Waals surface area contributed by atoms with E-state index in [2.05, 4.69) is 12.2 Å². The van der Waals surface area contributed by atoms with Crippen LogP contribution in [0, 0.1) is 0 Å². The molecule has 0 radical (unpaired) electrons. The number of esters is 1. The Bertz CT molecular complexity index is 583. The molecule has 1 aliphatic carbocycles. The predicted molar refractivity (Wildman–Crippen MR) is 97.1 cm³/mol. The van der Waals surface area contributed by atoms with Crippen LogP contribution in [-0.2, 0) is 22.4 Å². The number of quaternary nitrogens is 1. The van der Waals surface area contributed by atoms with Crippen LogP contribution >= 0.6 is 11.3 Å². The van der Waals surface area contributed by atoms with Crippen molar-refractivity contribution < 1.29 is 19.2 Å². The molecular formula is C18H29N2O3S+. The standard InChI is InChI=1S/C18H28N2O3S/c1-4-6-11-20(3)12-15(21)19-17-16(18(22)23-5-2)13-9-7-8-10-14(13)24-17/h4-12H2,1-3H3,(H,19,21)/p+1. The van der Waals surface area contributed by atoms with E-state index in [0.29, 0.717) is 23.7 Å². The zero-order valence-electron chi connectivity index (χ0n) is 15.0. The van der Waals surface area contributed by atoms with Crippen molar-refractivity contribution in [1.29, 1.82) is 0 Å². The van der Waals surface area contributed by atoms with Gasteiger partial charge in [-0.05, 0) is 44.6 Å². The number of hydrogen-bond donors (Lipinski definition) is 2. The maximum Gasteiger partial charge on any atom is 0.341 e. The number of likely N-dealkylation sites (N-methyl/N-ethyl adjacent to an activating group) is 1. The molecule has 1 unspecified atom stereocenters. The largest absolute Gasteiger partial charge is 0.462 e. The van der Waals surface area contributed by atoms with Gasteiger partial charge in [-0.25, -0.2) is 4.79 Å². The van der Waals surface area contributed by atoms with Gasteiger partial charge in [0.2, 0.25) is 0 Å². The molecule has 134 valence electrons. The van der Waals surface area contributed by atoms with Crippen LogP contribution in [0.3, 0.4) is 0 Å². The van der Waals surface area contributed by atoms with Gasteiger partial charge in [-0.15, -0.1) is 11.3 Å². The molecule has 0 saturated heterocycles. The normalized spacial score (nSPS) is 14.8. The number of aryl methyl sites for hydroxylation is 1. The highest BCUT2D eigenvalue weighted by Gasteiger charge is 2.27. The molecule has 0 fully saturated rings. The van der Waals surface area contributed by atoms with Gasteiger partial charge in [-0.2, -0.15) is 0 Å². The lowest BCUT2D eigenvalue weighted by atomic mass is 9.95. The summed E-state index contributed by atoms with van der Waals surface area (Å²) in [7, 11) is 2.03. The molecule has 1 aromatic heterocycles. The van der Waals surface area contributed by atoms with Gasteiger partial charge < -0.3 is 15.0 Å². The third-order valence-corrected chi connectivity index (χ3v) is 5.53. The number of rotatable bonds is 8. The molecular weight excluding hydrogens is 324 g/mol. The predicted octanol–water partition coefficient (Wildman–Crippen LogP) is 2.06. The topological polar surface area (TPSA) is 59.8 Å². The Kier molecular flexibility index (Phi) is 7.24. The van der Waals surface area contributed by atoms with E-state index in [1.165, 1.54) is 9.78 Å². The lowest BCUT2D eigenvalue weighted by Gasteiger charge is -2.14. The first-order valence-electron chi connectivity index (χ1n) is 8.99. The van der Waals surface area contributed by atoms with Gasteiger partial charge in [-0.3, -0.25) is 4.79 Å². The van der Waals surface area contributed by atoms with E-state index in [-0.39, 0.29) is 11.9 Å². The van der Waals surface area contributed by atoms with Gasteiger partial charge in [0.15, 0.2) is 6.54 Å². The molecule has 0 aromatic carbocycles. The van der Waals surface area contributed by atoms with Crippen molar-refractivity contribution in [3.8, 4) is 0 Å². The number of carbonyl (C=O) groups excluding carboxylic acids is 2. The van der Waals surface area contributed by atoms with Crippen LogP contribution in [0.15, 0.2) is 0 Å². The number of hydrogen-bond acceptors (Lipinski definition) is 4. The van der Waals surface area contributed by atoms with Crippen LogP contribution in [-0.4, -0.2) is 38.6 Å². The van der Waals surface area contributed by atoms with Crippen LogP contribution in [0.2, 0.25) is 0 Å².